The highest BCUT2D eigenvalue weighted by atomic mass is 32.2. The Labute approximate surface area is 124 Å². The summed E-state index contributed by atoms with van der Waals surface area (Å²) in [5.74, 6) is 0.964. The molecular weight excluding hydrogens is 294 g/mol. The van der Waals surface area contributed by atoms with Crippen LogP contribution in [-0.2, 0) is 18.3 Å². The number of aryl methyl sites for hydroxylation is 1. The maximum atomic E-state index is 11.8. The molecule has 0 saturated carbocycles. The molecule has 20 heavy (non-hydrogen) atoms. The second kappa shape index (κ2) is 6.54. The Morgan fingerprint density at radius 2 is 2.40 bits per heavy atom. The maximum absolute atomic E-state index is 11.8. The standard InChI is InChI=1S/C12H13N5OS2/c1-3-9-15-16-12(17(9)2)20-7-10(18)14-11-8(6-13)4-5-19-11/h4-5H,3,7H2,1-2H3,(H,14,18). The summed E-state index contributed by atoms with van der Waals surface area (Å²) >= 11 is 2.66. The number of carbonyl (C=O) groups is 1. The van der Waals surface area contributed by atoms with Gasteiger partial charge in [0.15, 0.2) is 5.16 Å². The van der Waals surface area contributed by atoms with Crippen molar-refractivity contribution >= 4 is 34.0 Å². The Balaban J connectivity index is 1.92. The fraction of sp³-hybridized carbons (Fsp3) is 0.333. The molecule has 0 fully saturated rings. The molecule has 0 radical (unpaired) electrons. The van der Waals surface area contributed by atoms with Gasteiger partial charge in [0.2, 0.25) is 5.91 Å². The van der Waals surface area contributed by atoms with Crippen molar-refractivity contribution in [3.63, 3.8) is 0 Å². The van der Waals surface area contributed by atoms with Crippen molar-refractivity contribution < 1.29 is 4.79 Å². The fourth-order valence-electron chi connectivity index (χ4n) is 1.57. The van der Waals surface area contributed by atoms with Crippen LogP contribution in [-0.4, -0.2) is 26.4 Å². The van der Waals surface area contributed by atoms with Gasteiger partial charge in [-0.05, 0) is 11.4 Å². The lowest BCUT2D eigenvalue weighted by molar-refractivity contribution is -0.113. The minimum Gasteiger partial charge on any atom is -0.316 e. The van der Waals surface area contributed by atoms with Gasteiger partial charge in [-0.25, -0.2) is 0 Å². The lowest BCUT2D eigenvalue weighted by Crippen LogP contribution is -2.14. The largest absolute Gasteiger partial charge is 0.316 e. The summed E-state index contributed by atoms with van der Waals surface area (Å²) in [4.78, 5) is 11.8. The van der Waals surface area contributed by atoms with Crippen molar-refractivity contribution in [3.05, 3.63) is 22.8 Å². The van der Waals surface area contributed by atoms with Crippen LogP contribution in [0.25, 0.3) is 0 Å². The summed E-state index contributed by atoms with van der Waals surface area (Å²) in [6.07, 6.45) is 0.803. The zero-order chi connectivity index (χ0) is 14.5. The Morgan fingerprint density at radius 1 is 1.60 bits per heavy atom. The second-order valence-corrected chi connectivity index (χ2v) is 5.78. The van der Waals surface area contributed by atoms with Crippen LogP contribution in [0.2, 0.25) is 0 Å². The van der Waals surface area contributed by atoms with E-state index in [9.17, 15) is 4.79 Å². The first-order chi connectivity index (χ1) is 9.65. The van der Waals surface area contributed by atoms with Crippen LogP contribution in [0.1, 0.15) is 18.3 Å². The number of hydrogen-bond acceptors (Lipinski definition) is 6. The lowest BCUT2D eigenvalue weighted by atomic mass is 10.3. The van der Waals surface area contributed by atoms with Crippen molar-refractivity contribution in [1.82, 2.24) is 14.8 Å². The van der Waals surface area contributed by atoms with Gasteiger partial charge >= 0.3 is 0 Å². The molecule has 1 amide bonds. The number of amides is 1. The minimum atomic E-state index is -0.157. The third kappa shape index (κ3) is 3.18. The van der Waals surface area contributed by atoms with Crippen molar-refractivity contribution in [2.45, 2.75) is 18.5 Å². The van der Waals surface area contributed by atoms with Gasteiger partial charge in [-0.15, -0.1) is 21.5 Å². The smallest absolute Gasteiger partial charge is 0.235 e. The number of aromatic nitrogens is 3. The topological polar surface area (TPSA) is 83.6 Å². The van der Waals surface area contributed by atoms with Gasteiger partial charge in [0.1, 0.15) is 16.9 Å². The average molecular weight is 307 g/mol. The van der Waals surface area contributed by atoms with Crippen LogP contribution in [0.5, 0.6) is 0 Å². The van der Waals surface area contributed by atoms with Crippen molar-refractivity contribution in [1.29, 1.82) is 5.26 Å². The first-order valence-electron chi connectivity index (χ1n) is 5.94. The number of thioether (sulfide) groups is 1. The normalized spacial score (nSPS) is 10.2. The second-order valence-electron chi connectivity index (χ2n) is 3.92. The molecule has 2 aromatic rings. The average Bonchev–Trinajstić information content (AvgIpc) is 3.03. The molecule has 0 spiro atoms. The molecule has 1 N–H and O–H groups in total. The molecule has 0 aromatic carbocycles. The SMILES string of the molecule is CCc1nnc(SCC(=O)Nc2sccc2C#N)n1C. The molecule has 2 heterocycles. The molecule has 8 heteroatoms. The van der Waals surface area contributed by atoms with Gasteiger partial charge in [0, 0.05) is 13.5 Å². The molecule has 0 bridgehead atoms. The molecule has 0 atom stereocenters. The van der Waals surface area contributed by atoms with Crippen molar-refractivity contribution in [2.24, 2.45) is 7.05 Å². The third-order valence-corrected chi connectivity index (χ3v) is 4.46. The van der Waals surface area contributed by atoms with E-state index in [0.29, 0.717) is 15.7 Å². The molecule has 104 valence electrons. The van der Waals surface area contributed by atoms with Crippen LogP contribution in [0.15, 0.2) is 16.6 Å². The Bertz CT molecular complexity index is 655. The number of nitriles is 1. The summed E-state index contributed by atoms with van der Waals surface area (Å²) in [6.45, 7) is 2.01. The van der Waals surface area contributed by atoms with E-state index >= 15 is 0 Å². The highest BCUT2D eigenvalue weighted by Crippen LogP contribution is 2.23. The van der Waals surface area contributed by atoms with Crippen LogP contribution in [0.3, 0.4) is 0 Å². The van der Waals surface area contributed by atoms with Gasteiger partial charge < -0.3 is 9.88 Å². The number of nitrogens with one attached hydrogen (secondary N) is 1. The number of carbonyl (C=O) groups excluding carboxylic acids is 1. The number of thiophene rings is 1. The molecule has 0 aliphatic rings. The molecule has 0 unspecified atom stereocenters. The first kappa shape index (κ1) is 14.6. The zero-order valence-corrected chi connectivity index (χ0v) is 12.7. The number of hydrogen-bond donors (Lipinski definition) is 1. The quantitative estimate of drug-likeness (QED) is 0.855. The highest BCUT2D eigenvalue weighted by molar-refractivity contribution is 7.99. The molecule has 0 aliphatic carbocycles. The monoisotopic (exact) mass is 307 g/mol. The third-order valence-electron chi connectivity index (χ3n) is 2.61. The summed E-state index contributed by atoms with van der Waals surface area (Å²) in [6, 6.07) is 3.72. The van der Waals surface area contributed by atoms with Gasteiger partial charge in [0.25, 0.3) is 0 Å². The zero-order valence-electron chi connectivity index (χ0n) is 11.1. The summed E-state index contributed by atoms with van der Waals surface area (Å²) in [5, 5.41) is 22.7. The number of rotatable bonds is 5. The Morgan fingerprint density at radius 3 is 3.05 bits per heavy atom. The summed E-state index contributed by atoms with van der Waals surface area (Å²) in [7, 11) is 1.88. The number of nitrogens with zero attached hydrogens (tertiary/aromatic N) is 4. The van der Waals surface area contributed by atoms with E-state index in [1.165, 1.54) is 23.1 Å². The summed E-state index contributed by atoms with van der Waals surface area (Å²) < 4.78 is 1.88. The highest BCUT2D eigenvalue weighted by Gasteiger charge is 2.12. The first-order valence-corrected chi connectivity index (χ1v) is 7.80. The van der Waals surface area contributed by atoms with E-state index in [4.69, 9.17) is 5.26 Å². The van der Waals surface area contributed by atoms with Crippen LogP contribution >= 0.6 is 23.1 Å². The molecule has 2 rings (SSSR count). The van der Waals surface area contributed by atoms with E-state index in [1.807, 2.05) is 24.6 Å². The van der Waals surface area contributed by atoms with Crippen molar-refractivity contribution in [2.75, 3.05) is 11.1 Å². The maximum Gasteiger partial charge on any atom is 0.235 e. The van der Waals surface area contributed by atoms with Gasteiger partial charge in [-0.1, -0.05) is 18.7 Å². The van der Waals surface area contributed by atoms with E-state index < -0.39 is 0 Å². The van der Waals surface area contributed by atoms with E-state index in [-0.39, 0.29) is 11.7 Å². The van der Waals surface area contributed by atoms with Crippen LogP contribution in [0, 0.1) is 11.3 Å². The molecule has 0 aliphatic heterocycles. The fourth-order valence-corrected chi connectivity index (χ4v) is 3.05. The van der Waals surface area contributed by atoms with Gasteiger partial charge in [-0.2, -0.15) is 5.26 Å². The summed E-state index contributed by atoms with van der Waals surface area (Å²) in [5.41, 5.74) is 0.486. The molecule has 6 nitrogen and oxygen atoms in total. The molecular formula is C12H13N5OS2. The van der Waals surface area contributed by atoms with Gasteiger partial charge in [0.05, 0.1) is 11.3 Å². The predicted molar refractivity (Wildman–Crippen MR) is 78.8 cm³/mol. The molecule has 2 aromatic heterocycles. The molecule has 0 saturated heterocycles. The van der Waals surface area contributed by atoms with E-state index in [2.05, 4.69) is 15.5 Å². The minimum absolute atomic E-state index is 0.157. The van der Waals surface area contributed by atoms with Crippen LogP contribution in [0.4, 0.5) is 5.00 Å². The Kier molecular flexibility index (Phi) is 4.76. The van der Waals surface area contributed by atoms with Gasteiger partial charge in [-0.3, -0.25) is 4.79 Å². The predicted octanol–water partition coefficient (Wildman–Crippen LogP) is 2.04. The van der Waals surface area contributed by atoms with Crippen LogP contribution < -0.4 is 5.32 Å². The van der Waals surface area contributed by atoms with Crippen molar-refractivity contribution in [3.8, 4) is 6.07 Å². The van der Waals surface area contributed by atoms with E-state index in [0.717, 1.165) is 12.2 Å². The Hall–Kier alpha value is -1.85. The van der Waals surface area contributed by atoms with E-state index in [1.54, 1.807) is 11.4 Å². The number of anilines is 1. The lowest BCUT2D eigenvalue weighted by Gasteiger charge is -2.03.